The van der Waals surface area contributed by atoms with E-state index in [2.05, 4.69) is 9.88 Å². The smallest absolute Gasteiger partial charge is 0.338 e. The van der Waals surface area contributed by atoms with Crippen LogP contribution in [-0.2, 0) is 16.0 Å². The highest BCUT2D eigenvalue weighted by Crippen LogP contribution is 2.21. The number of ether oxygens (including phenoxy) is 1. The minimum atomic E-state index is -0.485. The SMILES string of the molecule is COC(=O)C1=C(O)CCN(CCc2c[nH]c3ccc(F)cc23)C1. The van der Waals surface area contributed by atoms with Crippen LogP contribution in [0, 0.1) is 5.82 Å². The lowest BCUT2D eigenvalue weighted by molar-refractivity contribution is -0.136. The highest BCUT2D eigenvalue weighted by atomic mass is 19.1. The third-order valence-electron chi connectivity index (χ3n) is 4.25. The van der Waals surface area contributed by atoms with E-state index < -0.39 is 5.97 Å². The zero-order chi connectivity index (χ0) is 16.4. The van der Waals surface area contributed by atoms with Crippen LogP contribution in [0.5, 0.6) is 0 Å². The molecule has 0 atom stereocenters. The predicted octanol–water partition coefficient (Wildman–Crippen LogP) is 2.54. The van der Waals surface area contributed by atoms with Crippen molar-refractivity contribution < 1.29 is 19.0 Å². The molecule has 122 valence electrons. The van der Waals surface area contributed by atoms with Crippen molar-refractivity contribution in [2.24, 2.45) is 0 Å². The number of aliphatic hydroxyl groups excluding tert-OH is 1. The molecule has 0 saturated heterocycles. The summed E-state index contributed by atoms with van der Waals surface area (Å²) in [5.41, 5.74) is 2.27. The molecule has 23 heavy (non-hydrogen) atoms. The first-order valence-electron chi connectivity index (χ1n) is 7.55. The van der Waals surface area contributed by atoms with Gasteiger partial charge in [0.05, 0.1) is 12.7 Å². The number of aliphatic hydroxyl groups is 1. The lowest BCUT2D eigenvalue weighted by atomic mass is 10.1. The van der Waals surface area contributed by atoms with Crippen LogP contribution >= 0.6 is 0 Å². The molecule has 0 bridgehead atoms. The van der Waals surface area contributed by atoms with Crippen molar-refractivity contribution >= 4 is 16.9 Å². The number of halogens is 1. The van der Waals surface area contributed by atoms with Crippen LogP contribution in [0.15, 0.2) is 35.7 Å². The Kier molecular flexibility index (Phi) is 4.34. The zero-order valence-electron chi connectivity index (χ0n) is 12.9. The van der Waals surface area contributed by atoms with E-state index in [0.29, 0.717) is 25.1 Å². The zero-order valence-corrected chi connectivity index (χ0v) is 12.9. The monoisotopic (exact) mass is 318 g/mol. The Hall–Kier alpha value is -2.34. The molecule has 2 aromatic rings. The van der Waals surface area contributed by atoms with Crippen molar-refractivity contribution in [3.8, 4) is 0 Å². The van der Waals surface area contributed by atoms with Crippen LogP contribution in [0.2, 0.25) is 0 Å². The van der Waals surface area contributed by atoms with Gasteiger partial charge in [-0.1, -0.05) is 0 Å². The number of esters is 1. The number of hydrogen-bond acceptors (Lipinski definition) is 4. The number of H-pyrrole nitrogens is 1. The van der Waals surface area contributed by atoms with Crippen molar-refractivity contribution in [1.29, 1.82) is 0 Å². The van der Waals surface area contributed by atoms with E-state index in [1.807, 2.05) is 6.20 Å². The maximum atomic E-state index is 13.4. The standard InChI is InChI=1S/C17H19FN2O3/c1-23-17(22)14-10-20(7-5-16(14)21)6-4-11-9-19-15-3-2-12(18)8-13(11)15/h2-3,8-9,19,21H,4-7,10H2,1H3. The second-order valence-electron chi connectivity index (χ2n) is 5.70. The third kappa shape index (κ3) is 3.22. The average molecular weight is 318 g/mol. The summed E-state index contributed by atoms with van der Waals surface area (Å²) in [5, 5.41) is 10.7. The van der Waals surface area contributed by atoms with Gasteiger partial charge in [0.15, 0.2) is 0 Å². The Labute approximate surface area is 133 Å². The summed E-state index contributed by atoms with van der Waals surface area (Å²) < 4.78 is 18.1. The summed E-state index contributed by atoms with van der Waals surface area (Å²) >= 11 is 0. The van der Waals surface area contributed by atoms with Gasteiger partial charge in [-0.25, -0.2) is 9.18 Å². The molecular weight excluding hydrogens is 299 g/mol. The van der Waals surface area contributed by atoms with Crippen molar-refractivity contribution in [3.63, 3.8) is 0 Å². The first kappa shape index (κ1) is 15.6. The summed E-state index contributed by atoms with van der Waals surface area (Å²) in [6.45, 7) is 1.77. The number of benzene rings is 1. The van der Waals surface area contributed by atoms with E-state index in [1.165, 1.54) is 19.2 Å². The molecule has 1 aliphatic rings. The van der Waals surface area contributed by atoms with Crippen LogP contribution in [0.4, 0.5) is 4.39 Å². The maximum absolute atomic E-state index is 13.4. The van der Waals surface area contributed by atoms with E-state index in [9.17, 15) is 14.3 Å². The van der Waals surface area contributed by atoms with Crippen LogP contribution in [-0.4, -0.2) is 47.7 Å². The molecule has 0 aliphatic carbocycles. The molecule has 1 aromatic heterocycles. The number of rotatable bonds is 4. The summed E-state index contributed by atoms with van der Waals surface area (Å²) in [5.74, 6) is -0.624. The van der Waals surface area contributed by atoms with Gasteiger partial charge in [-0.05, 0) is 30.2 Å². The van der Waals surface area contributed by atoms with Crippen LogP contribution in [0.1, 0.15) is 12.0 Å². The molecule has 5 nitrogen and oxygen atoms in total. The fourth-order valence-electron chi connectivity index (χ4n) is 2.94. The summed E-state index contributed by atoms with van der Waals surface area (Å²) in [6.07, 6.45) is 3.06. The van der Waals surface area contributed by atoms with E-state index in [1.54, 1.807) is 6.07 Å². The van der Waals surface area contributed by atoms with E-state index in [0.717, 1.165) is 29.4 Å². The Morgan fingerprint density at radius 3 is 3.09 bits per heavy atom. The van der Waals surface area contributed by atoms with Crippen molar-refractivity contribution in [2.75, 3.05) is 26.7 Å². The van der Waals surface area contributed by atoms with Gasteiger partial charge < -0.3 is 14.8 Å². The van der Waals surface area contributed by atoms with Crippen LogP contribution < -0.4 is 0 Å². The van der Waals surface area contributed by atoms with E-state index in [4.69, 9.17) is 4.74 Å². The second kappa shape index (κ2) is 6.42. The van der Waals surface area contributed by atoms with Gasteiger partial charge in [-0.3, -0.25) is 4.90 Å². The number of hydrogen-bond donors (Lipinski definition) is 2. The molecule has 0 saturated carbocycles. The number of aromatic amines is 1. The van der Waals surface area contributed by atoms with Crippen molar-refractivity contribution in [3.05, 3.63) is 47.1 Å². The number of fused-ring (bicyclic) bond motifs is 1. The first-order valence-corrected chi connectivity index (χ1v) is 7.55. The first-order chi connectivity index (χ1) is 11.1. The number of aromatic nitrogens is 1. The second-order valence-corrected chi connectivity index (χ2v) is 5.70. The third-order valence-corrected chi connectivity index (χ3v) is 4.25. The van der Waals surface area contributed by atoms with Gasteiger partial charge in [0.2, 0.25) is 0 Å². The van der Waals surface area contributed by atoms with E-state index in [-0.39, 0.29) is 11.6 Å². The van der Waals surface area contributed by atoms with Gasteiger partial charge in [-0.15, -0.1) is 0 Å². The molecule has 2 heterocycles. The molecule has 0 radical (unpaired) electrons. The normalized spacial score (nSPS) is 16.1. The molecular formula is C17H19FN2O3. The molecule has 1 aliphatic heterocycles. The van der Waals surface area contributed by atoms with Gasteiger partial charge in [0.1, 0.15) is 11.6 Å². The Morgan fingerprint density at radius 2 is 2.30 bits per heavy atom. The number of carbonyl (C=O) groups is 1. The summed E-state index contributed by atoms with van der Waals surface area (Å²) in [4.78, 5) is 16.9. The Bertz CT molecular complexity index is 766. The number of nitrogens with zero attached hydrogens (tertiary/aromatic N) is 1. The lowest BCUT2D eigenvalue weighted by Crippen LogP contribution is -2.36. The van der Waals surface area contributed by atoms with Crippen LogP contribution in [0.25, 0.3) is 10.9 Å². The number of nitrogens with one attached hydrogen (secondary N) is 1. The molecule has 2 N–H and O–H groups in total. The summed E-state index contributed by atoms with van der Waals surface area (Å²) in [6, 6.07) is 4.69. The Morgan fingerprint density at radius 1 is 1.48 bits per heavy atom. The quantitative estimate of drug-likeness (QED) is 0.850. The molecule has 0 fully saturated rings. The predicted molar refractivity (Wildman–Crippen MR) is 84.7 cm³/mol. The summed E-state index contributed by atoms with van der Waals surface area (Å²) in [7, 11) is 1.31. The Balaban J connectivity index is 1.69. The average Bonchev–Trinajstić information content (AvgIpc) is 2.95. The largest absolute Gasteiger partial charge is 0.512 e. The molecule has 0 spiro atoms. The molecule has 6 heteroatoms. The minimum absolute atomic E-state index is 0.113. The number of methoxy groups -OCH3 is 1. The number of carbonyl (C=O) groups excluding carboxylic acids is 1. The molecule has 0 amide bonds. The van der Waals surface area contributed by atoms with Crippen molar-refractivity contribution in [1.82, 2.24) is 9.88 Å². The fourth-order valence-corrected chi connectivity index (χ4v) is 2.94. The van der Waals surface area contributed by atoms with Gasteiger partial charge in [0, 0.05) is 43.2 Å². The lowest BCUT2D eigenvalue weighted by Gasteiger charge is -2.27. The molecule has 3 rings (SSSR count). The fraction of sp³-hybridized carbons (Fsp3) is 0.353. The van der Waals surface area contributed by atoms with E-state index >= 15 is 0 Å². The topological polar surface area (TPSA) is 65.6 Å². The molecule has 0 unspecified atom stereocenters. The van der Waals surface area contributed by atoms with Gasteiger partial charge >= 0.3 is 5.97 Å². The van der Waals surface area contributed by atoms with Crippen molar-refractivity contribution in [2.45, 2.75) is 12.8 Å². The highest BCUT2D eigenvalue weighted by molar-refractivity contribution is 5.89. The van der Waals surface area contributed by atoms with Gasteiger partial charge in [-0.2, -0.15) is 0 Å². The van der Waals surface area contributed by atoms with Crippen LogP contribution in [0.3, 0.4) is 0 Å². The highest BCUT2D eigenvalue weighted by Gasteiger charge is 2.24. The van der Waals surface area contributed by atoms with Gasteiger partial charge in [0.25, 0.3) is 0 Å². The minimum Gasteiger partial charge on any atom is -0.512 e. The molecule has 1 aromatic carbocycles. The maximum Gasteiger partial charge on any atom is 0.338 e.